The Labute approximate surface area is 141 Å². The zero-order chi connectivity index (χ0) is 18.6. The van der Waals surface area contributed by atoms with Crippen LogP contribution in [0.15, 0.2) is 36.4 Å². The number of nitrogens with one attached hydrogen (secondary N) is 2. The molecule has 0 heterocycles. The molecule has 1 unspecified atom stereocenters. The van der Waals surface area contributed by atoms with Crippen LogP contribution in [0.3, 0.4) is 0 Å². The van der Waals surface area contributed by atoms with Crippen LogP contribution in [0, 0.1) is 21.7 Å². The van der Waals surface area contributed by atoms with E-state index in [9.17, 15) is 28.8 Å². The van der Waals surface area contributed by atoms with Gasteiger partial charge in [-0.25, -0.2) is 8.78 Å². The Kier molecular flexibility index (Phi) is 5.60. The van der Waals surface area contributed by atoms with Crippen molar-refractivity contribution in [2.24, 2.45) is 0 Å². The Morgan fingerprint density at radius 1 is 1.28 bits per heavy atom. The molecule has 0 saturated heterocycles. The highest BCUT2D eigenvalue weighted by molar-refractivity contribution is 5.95. The fraction of sp³-hybridized carbons (Fsp3) is 0.188. The minimum absolute atomic E-state index is 0.00782. The minimum atomic E-state index is -1.56. The third-order valence-corrected chi connectivity index (χ3v) is 3.50. The highest BCUT2D eigenvalue weighted by Crippen LogP contribution is 2.27. The average molecular weight is 351 g/mol. The molecule has 0 bridgehead atoms. The fourth-order valence-corrected chi connectivity index (χ4v) is 2.26. The number of carbonyl (C=O) groups excluding carboxylic acids is 1. The van der Waals surface area contributed by atoms with E-state index in [-0.39, 0.29) is 17.8 Å². The molecule has 0 aromatic heterocycles. The van der Waals surface area contributed by atoms with Gasteiger partial charge >= 0.3 is 0 Å². The molecular weight excluding hydrogens is 336 g/mol. The van der Waals surface area contributed by atoms with Crippen molar-refractivity contribution >= 4 is 17.3 Å². The standard InChI is InChI=1S/C16H15F2N3O4/c1-19-16(23)9-5-6-12(13(7-9)21(24)25)20-8-14(22)15-10(17)3-2-4-11(15)18/h2-7,14,20,22H,8H2,1H3,(H,19,23). The molecule has 2 aromatic carbocycles. The van der Waals surface area contributed by atoms with Crippen molar-refractivity contribution in [2.45, 2.75) is 6.10 Å². The Morgan fingerprint density at radius 2 is 1.92 bits per heavy atom. The molecule has 132 valence electrons. The molecule has 0 aliphatic carbocycles. The first kappa shape index (κ1) is 18.3. The molecular formula is C16H15F2N3O4. The van der Waals surface area contributed by atoms with E-state index in [0.717, 1.165) is 24.3 Å². The van der Waals surface area contributed by atoms with Crippen molar-refractivity contribution in [3.05, 3.63) is 69.3 Å². The van der Waals surface area contributed by atoms with Gasteiger partial charge in [-0.2, -0.15) is 0 Å². The number of hydrogen-bond donors (Lipinski definition) is 3. The number of nitro benzene ring substituents is 1. The molecule has 1 amide bonds. The number of hydrogen-bond acceptors (Lipinski definition) is 5. The topological polar surface area (TPSA) is 104 Å². The number of aliphatic hydroxyl groups excluding tert-OH is 1. The molecule has 0 aliphatic rings. The number of amides is 1. The first-order valence-electron chi connectivity index (χ1n) is 7.21. The summed E-state index contributed by atoms with van der Waals surface area (Å²) in [7, 11) is 1.39. The average Bonchev–Trinajstić information content (AvgIpc) is 2.58. The third-order valence-electron chi connectivity index (χ3n) is 3.50. The van der Waals surface area contributed by atoms with Crippen LogP contribution in [0.25, 0.3) is 0 Å². The van der Waals surface area contributed by atoms with Crippen LogP contribution in [0.2, 0.25) is 0 Å². The van der Waals surface area contributed by atoms with Gasteiger partial charge in [0.15, 0.2) is 0 Å². The number of carbonyl (C=O) groups is 1. The predicted octanol–water partition coefficient (Wildman–Crippen LogP) is 2.38. The van der Waals surface area contributed by atoms with Gasteiger partial charge in [0.25, 0.3) is 11.6 Å². The first-order chi connectivity index (χ1) is 11.8. The van der Waals surface area contributed by atoms with Crippen molar-refractivity contribution in [1.29, 1.82) is 0 Å². The van der Waals surface area contributed by atoms with Gasteiger partial charge in [0.1, 0.15) is 23.4 Å². The lowest BCUT2D eigenvalue weighted by Gasteiger charge is -2.15. The van der Waals surface area contributed by atoms with Crippen LogP contribution >= 0.6 is 0 Å². The number of aliphatic hydroxyl groups is 1. The lowest BCUT2D eigenvalue weighted by Crippen LogP contribution is -2.19. The van der Waals surface area contributed by atoms with Gasteiger partial charge in [-0.05, 0) is 24.3 Å². The lowest BCUT2D eigenvalue weighted by atomic mass is 10.1. The molecule has 1 atom stereocenters. The van der Waals surface area contributed by atoms with E-state index in [4.69, 9.17) is 0 Å². The van der Waals surface area contributed by atoms with Crippen molar-refractivity contribution in [3.8, 4) is 0 Å². The van der Waals surface area contributed by atoms with Crippen LogP contribution in [-0.2, 0) is 0 Å². The van der Waals surface area contributed by atoms with Crippen molar-refractivity contribution in [1.82, 2.24) is 5.32 Å². The zero-order valence-electron chi connectivity index (χ0n) is 13.1. The smallest absolute Gasteiger partial charge is 0.293 e. The van der Waals surface area contributed by atoms with Crippen LogP contribution in [0.5, 0.6) is 0 Å². The summed E-state index contributed by atoms with van der Waals surface area (Å²) in [6, 6.07) is 6.87. The molecule has 7 nitrogen and oxygen atoms in total. The van der Waals surface area contributed by atoms with Gasteiger partial charge in [-0.3, -0.25) is 14.9 Å². The van der Waals surface area contributed by atoms with Crippen molar-refractivity contribution in [3.63, 3.8) is 0 Å². The Hall–Kier alpha value is -3.07. The Morgan fingerprint density at radius 3 is 2.48 bits per heavy atom. The summed E-state index contributed by atoms with van der Waals surface area (Å²) in [5, 5.41) is 26.1. The normalized spacial score (nSPS) is 11.7. The maximum absolute atomic E-state index is 13.6. The molecule has 25 heavy (non-hydrogen) atoms. The Balaban J connectivity index is 2.22. The number of nitrogens with zero attached hydrogens (tertiary/aromatic N) is 1. The van der Waals surface area contributed by atoms with Crippen LogP contribution in [0.4, 0.5) is 20.2 Å². The van der Waals surface area contributed by atoms with Gasteiger partial charge < -0.3 is 15.7 Å². The highest BCUT2D eigenvalue weighted by Gasteiger charge is 2.21. The molecule has 0 fully saturated rings. The SMILES string of the molecule is CNC(=O)c1ccc(NCC(O)c2c(F)cccc2F)c([N+](=O)[O-])c1. The second kappa shape index (κ2) is 7.67. The second-order valence-corrected chi connectivity index (χ2v) is 5.10. The third kappa shape index (κ3) is 4.07. The maximum atomic E-state index is 13.6. The maximum Gasteiger partial charge on any atom is 0.293 e. The molecule has 2 rings (SSSR count). The lowest BCUT2D eigenvalue weighted by molar-refractivity contribution is -0.384. The van der Waals surface area contributed by atoms with Gasteiger partial charge in [0.2, 0.25) is 0 Å². The largest absolute Gasteiger partial charge is 0.386 e. The summed E-state index contributed by atoms with van der Waals surface area (Å²) in [6.07, 6.45) is -1.56. The van der Waals surface area contributed by atoms with Crippen LogP contribution in [0.1, 0.15) is 22.0 Å². The van der Waals surface area contributed by atoms with E-state index in [1.54, 1.807) is 0 Å². The van der Waals surface area contributed by atoms with E-state index in [2.05, 4.69) is 10.6 Å². The highest BCUT2D eigenvalue weighted by atomic mass is 19.1. The number of nitro groups is 1. The number of benzene rings is 2. The van der Waals surface area contributed by atoms with Gasteiger partial charge in [-0.1, -0.05) is 6.07 Å². The fourth-order valence-electron chi connectivity index (χ4n) is 2.26. The summed E-state index contributed by atoms with van der Waals surface area (Å²) in [5.41, 5.74) is -0.837. The van der Waals surface area contributed by atoms with Gasteiger partial charge in [0, 0.05) is 25.2 Å². The zero-order valence-corrected chi connectivity index (χ0v) is 13.1. The summed E-state index contributed by atoms with van der Waals surface area (Å²) in [5.74, 6) is -2.33. The van der Waals surface area contributed by atoms with Gasteiger partial charge in [-0.15, -0.1) is 0 Å². The number of anilines is 1. The van der Waals surface area contributed by atoms with E-state index in [1.807, 2.05) is 0 Å². The molecule has 3 N–H and O–H groups in total. The van der Waals surface area contributed by atoms with Crippen LogP contribution in [-0.4, -0.2) is 29.5 Å². The number of rotatable bonds is 6. The molecule has 0 radical (unpaired) electrons. The van der Waals surface area contributed by atoms with Crippen molar-refractivity contribution in [2.75, 3.05) is 18.9 Å². The van der Waals surface area contributed by atoms with Crippen molar-refractivity contribution < 1.29 is 23.6 Å². The number of halogens is 2. The molecule has 0 aliphatic heterocycles. The van der Waals surface area contributed by atoms with Crippen LogP contribution < -0.4 is 10.6 Å². The summed E-state index contributed by atoms with van der Waals surface area (Å²) in [4.78, 5) is 22.0. The minimum Gasteiger partial charge on any atom is -0.386 e. The Bertz CT molecular complexity index is 794. The first-order valence-corrected chi connectivity index (χ1v) is 7.21. The molecule has 0 saturated carbocycles. The van der Waals surface area contributed by atoms with E-state index in [0.29, 0.717) is 0 Å². The molecule has 9 heteroatoms. The summed E-state index contributed by atoms with van der Waals surface area (Å²) >= 11 is 0. The monoisotopic (exact) mass is 351 g/mol. The summed E-state index contributed by atoms with van der Waals surface area (Å²) < 4.78 is 27.3. The predicted molar refractivity (Wildman–Crippen MR) is 86.3 cm³/mol. The molecule has 2 aromatic rings. The van der Waals surface area contributed by atoms with Gasteiger partial charge in [0.05, 0.1) is 10.5 Å². The van der Waals surface area contributed by atoms with E-state index in [1.165, 1.54) is 19.2 Å². The summed E-state index contributed by atoms with van der Waals surface area (Å²) in [6.45, 7) is -0.363. The van der Waals surface area contributed by atoms with E-state index < -0.39 is 39.8 Å². The quantitative estimate of drug-likeness (QED) is 0.547. The van der Waals surface area contributed by atoms with E-state index >= 15 is 0 Å². The molecule has 0 spiro atoms. The second-order valence-electron chi connectivity index (χ2n) is 5.10.